The second-order valence-corrected chi connectivity index (χ2v) is 6.14. The Balaban J connectivity index is 2.29. The van der Waals surface area contributed by atoms with Gasteiger partial charge in [0.25, 0.3) is 5.56 Å². The van der Waals surface area contributed by atoms with Gasteiger partial charge in [0.2, 0.25) is 5.91 Å². The Kier molecular flexibility index (Phi) is 6.57. The minimum Gasteiger partial charge on any atom is -0.493 e. The number of amides is 1. The van der Waals surface area contributed by atoms with Gasteiger partial charge in [-0.3, -0.25) is 14.2 Å². The number of rotatable bonds is 8. The van der Waals surface area contributed by atoms with Crippen LogP contribution in [0.3, 0.4) is 0 Å². The average Bonchev–Trinajstić information content (AvgIpc) is 2.66. The maximum Gasteiger partial charge on any atom is 0.261 e. The fraction of sp³-hybridized carbons (Fsp3) is 0.500. The molecule has 8 nitrogen and oxygen atoms in total. The van der Waals surface area contributed by atoms with E-state index < -0.39 is 0 Å². The minimum absolute atomic E-state index is 0.132. The number of hydrogen-bond donors (Lipinski definition) is 2. The van der Waals surface area contributed by atoms with Gasteiger partial charge in [-0.05, 0) is 12.0 Å². The molecule has 0 aliphatic heterocycles. The van der Waals surface area contributed by atoms with Gasteiger partial charge in [-0.2, -0.15) is 0 Å². The van der Waals surface area contributed by atoms with Crippen LogP contribution < -0.4 is 20.3 Å². The largest absolute Gasteiger partial charge is 0.493 e. The molecule has 1 heterocycles. The van der Waals surface area contributed by atoms with Gasteiger partial charge in [0.05, 0.1) is 44.1 Å². The summed E-state index contributed by atoms with van der Waals surface area (Å²) < 4.78 is 11.7. The van der Waals surface area contributed by atoms with Crippen molar-refractivity contribution in [1.29, 1.82) is 0 Å². The standard InChI is InChI=1S/C18H25N3O5/c1-5-11(2)14(9-22)20-17(23)8-21-10-19-13-7-16(26-4)15(25-3)6-12(13)18(21)24/h6-7,10-11,14,22H,5,8-9H2,1-4H3,(H,20,23)/t11-,14+/m1/s1. The van der Waals surface area contributed by atoms with E-state index in [1.54, 1.807) is 12.1 Å². The SMILES string of the molecule is CC[C@@H](C)[C@H](CO)NC(=O)Cn1cnc2cc(OC)c(OC)cc2c1=O. The fourth-order valence-electron chi connectivity index (χ4n) is 2.66. The molecule has 2 aromatic rings. The van der Waals surface area contributed by atoms with E-state index in [0.717, 1.165) is 6.42 Å². The summed E-state index contributed by atoms with van der Waals surface area (Å²) in [6, 6.07) is 2.82. The van der Waals surface area contributed by atoms with Crippen LogP contribution in [0.5, 0.6) is 11.5 Å². The molecule has 0 saturated carbocycles. The molecule has 0 saturated heterocycles. The van der Waals surface area contributed by atoms with Crippen molar-refractivity contribution in [1.82, 2.24) is 14.9 Å². The molecule has 0 fully saturated rings. The van der Waals surface area contributed by atoms with Gasteiger partial charge in [-0.25, -0.2) is 4.98 Å². The summed E-state index contributed by atoms with van der Waals surface area (Å²) in [7, 11) is 2.99. The molecule has 2 rings (SSSR count). The lowest BCUT2D eigenvalue weighted by Crippen LogP contribution is -2.44. The second-order valence-electron chi connectivity index (χ2n) is 6.14. The van der Waals surface area contributed by atoms with E-state index in [2.05, 4.69) is 10.3 Å². The molecular weight excluding hydrogens is 338 g/mol. The highest BCUT2D eigenvalue weighted by atomic mass is 16.5. The second kappa shape index (κ2) is 8.66. The van der Waals surface area contributed by atoms with Gasteiger partial charge in [-0.15, -0.1) is 0 Å². The summed E-state index contributed by atoms with van der Waals surface area (Å²) in [5, 5.41) is 12.5. The van der Waals surface area contributed by atoms with Crippen LogP contribution in [0.4, 0.5) is 0 Å². The van der Waals surface area contributed by atoms with Crippen LogP contribution in [0.1, 0.15) is 20.3 Å². The molecule has 0 radical (unpaired) electrons. The average molecular weight is 363 g/mol. The van der Waals surface area contributed by atoms with Crippen molar-refractivity contribution in [2.45, 2.75) is 32.9 Å². The van der Waals surface area contributed by atoms with Crippen LogP contribution in [0.25, 0.3) is 10.9 Å². The van der Waals surface area contributed by atoms with E-state index in [1.165, 1.54) is 25.1 Å². The molecule has 8 heteroatoms. The summed E-state index contributed by atoms with van der Waals surface area (Å²) in [6.45, 7) is 3.61. The molecule has 0 aliphatic rings. The summed E-state index contributed by atoms with van der Waals surface area (Å²) in [5.74, 6) is 0.667. The van der Waals surface area contributed by atoms with E-state index >= 15 is 0 Å². The van der Waals surface area contributed by atoms with Crippen molar-refractivity contribution >= 4 is 16.8 Å². The summed E-state index contributed by atoms with van der Waals surface area (Å²) in [6.07, 6.45) is 2.15. The molecule has 26 heavy (non-hydrogen) atoms. The first-order chi connectivity index (χ1) is 12.4. The Morgan fingerprint density at radius 3 is 2.54 bits per heavy atom. The summed E-state index contributed by atoms with van der Waals surface area (Å²) in [4.78, 5) is 29.2. The topological polar surface area (TPSA) is 103 Å². The number of fused-ring (bicyclic) bond motifs is 1. The van der Waals surface area contributed by atoms with Gasteiger partial charge in [0.1, 0.15) is 6.54 Å². The number of carbonyl (C=O) groups is 1. The van der Waals surface area contributed by atoms with Crippen molar-refractivity contribution in [3.8, 4) is 11.5 Å². The normalized spacial score (nSPS) is 13.3. The predicted molar refractivity (Wildman–Crippen MR) is 97.6 cm³/mol. The van der Waals surface area contributed by atoms with Crippen LogP contribution in [0, 0.1) is 5.92 Å². The molecular formula is C18H25N3O5. The molecule has 0 aliphatic carbocycles. The molecule has 1 amide bonds. The first-order valence-electron chi connectivity index (χ1n) is 8.46. The van der Waals surface area contributed by atoms with Crippen LogP contribution in [-0.4, -0.2) is 47.4 Å². The number of aliphatic hydroxyl groups is 1. The van der Waals surface area contributed by atoms with Gasteiger partial charge in [0.15, 0.2) is 11.5 Å². The number of carbonyl (C=O) groups excluding carboxylic acids is 1. The van der Waals surface area contributed by atoms with Crippen molar-refractivity contribution in [3.63, 3.8) is 0 Å². The van der Waals surface area contributed by atoms with Gasteiger partial charge in [-0.1, -0.05) is 20.3 Å². The Morgan fingerprint density at radius 1 is 1.31 bits per heavy atom. The van der Waals surface area contributed by atoms with Crippen LogP contribution in [-0.2, 0) is 11.3 Å². The molecule has 142 valence electrons. The highest BCUT2D eigenvalue weighted by molar-refractivity contribution is 5.82. The zero-order chi connectivity index (χ0) is 19.3. The maximum absolute atomic E-state index is 12.7. The third-order valence-electron chi connectivity index (χ3n) is 4.52. The van der Waals surface area contributed by atoms with Crippen molar-refractivity contribution in [2.75, 3.05) is 20.8 Å². The number of aliphatic hydroxyl groups excluding tert-OH is 1. The van der Waals surface area contributed by atoms with E-state index in [0.29, 0.717) is 22.4 Å². The van der Waals surface area contributed by atoms with Crippen molar-refractivity contribution < 1.29 is 19.4 Å². The minimum atomic E-state index is -0.354. The van der Waals surface area contributed by atoms with Gasteiger partial charge in [0, 0.05) is 6.07 Å². The number of benzene rings is 1. The van der Waals surface area contributed by atoms with Crippen molar-refractivity contribution in [3.05, 3.63) is 28.8 Å². The quantitative estimate of drug-likeness (QED) is 0.723. The highest BCUT2D eigenvalue weighted by Crippen LogP contribution is 2.29. The monoisotopic (exact) mass is 363 g/mol. The van der Waals surface area contributed by atoms with Gasteiger partial charge < -0.3 is 19.9 Å². The van der Waals surface area contributed by atoms with Crippen LogP contribution in [0.2, 0.25) is 0 Å². The first-order valence-corrected chi connectivity index (χ1v) is 8.46. The maximum atomic E-state index is 12.7. The Hall–Kier alpha value is -2.61. The smallest absolute Gasteiger partial charge is 0.261 e. The predicted octanol–water partition coefficient (Wildman–Crippen LogP) is 0.937. The lowest BCUT2D eigenvalue weighted by molar-refractivity contribution is -0.123. The lowest BCUT2D eigenvalue weighted by Gasteiger charge is -2.22. The van der Waals surface area contributed by atoms with Crippen LogP contribution in [0.15, 0.2) is 23.3 Å². The fourth-order valence-corrected chi connectivity index (χ4v) is 2.66. The van der Waals surface area contributed by atoms with E-state index in [-0.39, 0.29) is 36.6 Å². The zero-order valence-corrected chi connectivity index (χ0v) is 15.5. The highest BCUT2D eigenvalue weighted by Gasteiger charge is 2.18. The zero-order valence-electron chi connectivity index (χ0n) is 15.5. The molecule has 0 unspecified atom stereocenters. The number of ether oxygens (including phenoxy) is 2. The summed E-state index contributed by atoms with van der Waals surface area (Å²) in [5.41, 5.74) is 0.104. The number of nitrogens with one attached hydrogen (secondary N) is 1. The molecule has 1 aromatic carbocycles. The number of aromatic nitrogens is 2. The van der Waals surface area contributed by atoms with Crippen LogP contribution >= 0.6 is 0 Å². The van der Waals surface area contributed by atoms with E-state index in [4.69, 9.17) is 9.47 Å². The molecule has 1 aromatic heterocycles. The number of nitrogens with zero attached hydrogens (tertiary/aromatic N) is 2. The molecule has 2 atom stereocenters. The lowest BCUT2D eigenvalue weighted by atomic mass is 10.00. The Bertz CT molecular complexity index is 833. The Morgan fingerprint density at radius 2 is 1.96 bits per heavy atom. The molecule has 2 N–H and O–H groups in total. The third kappa shape index (κ3) is 4.13. The number of methoxy groups -OCH3 is 2. The molecule has 0 bridgehead atoms. The number of hydrogen-bond acceptors (Lipinski definition) is 6. The first kappa shape index (κ1) is 19.7. The van der Waals surface area contributed by atoms with Crippen molar-refractivity contribution in [2.24, 2.45) is 5.92 Å². The third-order valence-corrected chi connectivity index (χ3v) is 4.52. The Labute approximate surface area is 151 Å². The summed E-state index contributed by atoms with van der Waals surface area (Å²) >= 11 is 0. The molecule has 0 spiro atoms. The van der Waals surface area contributed by atoms with Gasteiger partial charge >= 0.3 is 0 Å². The van der Waals surface area contributed by atoms with E-state index in [1.807, 2.05) is 13.8 Å². The van der Waals surface area contributed by atoms with E-state index in [9.17, 15) is 14.7 Å².